The van der Waals surface area contributed by atoms with E-state index in [9.17, 15) is 35.4 Å². The predicted octanol–water partition coefficient (Wildman–Crippen LogP) is -5.53. The summed E-state index contributed by atoms with van der Waals surface area (Å²) < 4.78 is 11.5. The number of nitrogens with two attached hydrogens (primary N) is 1. The molecule has 0 aliphatic carbocycles. The van der Waals surface area contributed by atoms with E-state index in [1.165, 1.54) is 0 Å². The number of aliphatic hydroxyl groups excluding tert-OH is 6. The Bertz CT molecular complexity index is 717. The Morgan fingerprint density at radius 1 is 1.23 bits per heavy atom. The van der Waals surface area contributed by atoms with Crippen molar-refractivity contribution in [3.8, 4) is 0 Å². The van der Waals surface area contributed by atoms with Crippen molar-refractivity contribution >= 4 is 5.95 Å². The van der Waals surface area contributed by atoms with Gasteiger partial charge in [0.1, 0.15) is 49.1 Å². The van der Waals surface area contributed by atoms with Gasteiger partial charge >= 0.3 is 5.69 Å². The number of anilines is 1. The first kappa shape index (κ1) is 19.1. The summed E-state index contributed by atoms with van der Waals surface area (Å²) in [6.45, 7) is -1.18. The highest BCUT2D eigenvalue weighted by molar-refractivity contribution is 5.13. The lowest BCUT2D eigenvalue weighted by molar-refractivity contribution is -0.288. The van der Waals surface area contributed by atoms with Crippen LogP contribution in [0, 0.1) is 0 Å². The molecule has 3 rings (SSSR count). The van der Waals surface area contributed by atoms with Crippen LogP contribution >= 0.6 is 0 Å². The Kier molecular flexibility index (Phi) is 4.98. The first-order chi connectivity index (χ1) is 12.2. The number of rotatable bonds is 3. The zero-order valence-corrected chi connectivity index (χ0v) is 13.4. The SMILES string of the molecule is Nc1ncn([C@]2(C3OC[C@@H](O)[C@@H](O)[C@@H]3O)O[C@H](CO)[C@@H](O)[C@H]2O)c(=O)n1. The van der Waals surface area contributed by atoms with E-state index in [0.29, 0.717) is 4.57 Å². The van der Waals surface area contributed by atoms with Gasteiger partial charge in [-0.25, -0.2) is 14.3 Å². The van der Waals surface area contributed by atoms with Crippen LogP contribution in [0.25, 0.3) is 0 Å². The van der Waals surface area contributed by atoms with Crippen LogP contribution in [0.1, 0.15) is 0 Å². The minimum Gasteiger partial charge on any atom is -0.394 e. The third kappa shape index (κ3) is 2.69. The van der Waals surface area contributed by atoms with Gasteiger partial charge < -0.3 is 45.8 Å². The molecule has 2 aliphatic rings. The van der Waals surface area contributed by atoms with Gasteiger partial charge in [-0.2, -0.15) is 4.98 Å². The summed E-state index contributed by atoms with van der Waals surface area (Å²) in [4.78, 5) is 19.4. The smallest absolute Gasteiger partial charge is 0.354 e. The van der Waals surface area contributed by atoms with Gasteiger partial charge in [-0.15, -0.1) is 0 Å². The Balaban J connectivity index is 2.16. The fourth-order valence-corrected chi connectivity index (χ4v) is 3.30. The van der Waals surface area contributed by atoms with Crippen molar-refractivity contribution in [2.45, 2.75) is 48.5 Å². The zero-order valence-electron chi connectivity index (χ0n) is 13.4. The third-order valence-corrected chi connectivity index (χ3v) is 4.66. The van der Waals surface area contributed by atoms with Gasteiger partial charge in [-0.05, 0) is 0 Å². The molecule has 0 amide bonds. The fraction of sp³-hybridized carbons (Fsp3) is 0.769. The van der Waals surface area contributed by atoms with E-state index in [1.54, 1.807) is 0 Å². The summed E-state index contributed by atoms with van der Waals surface area (Å²) in [7, 11) is 0. The van der Waals surface area contributed by atoms with Crippen molar-refractivity contribution in [3.05, 3.63) is 16.8 Å². The Hall–Kier alpha value is -1.71. The molecule has 1 aromatic rings. The fourth-order valence-electron chi connectivity index (χ4n) is 3.30. The first-order valence-corrected chi connectivity index (χ1v) is 7.76. The lowest BCUT2D eigenvalue weighted by Crippen LogP contribution is -2.67. The van der Waals surface area contributed by atoms with E-state index in [1.807, 2.05) is 0 Å². The minimum atomic E-state index is -2.29. The highest BCUT2D eigenvalue weighted by Crippen LogP contribution is 2.41. The summed E-state index contributed by atoms with van der Waals surface area (Å²) in [6, 6.07) is 0. The quantitative estimate of drug-likeness (QED) is 0.263. The molecule has 3 heterocycles. The maximum atomic E-state index is 12.3. The van der Waals surface area contributed by atoms with Crippen molar-refractivity contribution in [1.82, 2.24) is 14.5 Å². The third-order valence-electron chi connectivity index (χ3n) is 4.66. The normalized spacial score (nSPS) is 43.5. The second-order valence-electron chi connectivity index (χ2n) is 6.20. The van der Waals surface area contributed by atoms with Gasteiger partial charge in [0.2, 0.25) is 11.7 Å². The minimum absolute atomic E-state index is 0.367. The number of hydrogen-bond donors (Lipinski definition) is 7. The molecule has 13 nitrogen and oxygen atoms in total. The van der Waals surface area contributed by atoms with Crippen LogP contribution in [0.4, 0.5) is 5.95 Å². The van der Waals surface area contributed by atoms with Gasteiger partial charge in [-0.3, -0.25) is 0 Å². The highest BCUT2D eigenvalue weighted by atomic mass is 16.6. The van der Waals surface area contributed by atoms with E-state index in [4.69, 9.17) is 15.2 Å². The van der Waals surface area contributed by atoms with E-state index < -0.39 is 67.4 Å². The van der Waals surface area contributed by atoms with Gasteiger partial charge in [0.15, 0.2) is 0 Å². The summed E-state index contributed by atoms with van der Waals surface area (Å²) in [5.74, 6) is -0.367. The molecule has 0 bridgehead atoms. The molecule has 146 valence electrons. The first-order valence-electron chi connectivity index (χ1n) is 7.76. The van der Waals surface area contributed by atoms with E-state index in [0.717, 1.165) is 6.33 Å². The molecule has 1 aromatic heterocycles. The molecule has 0 saturated carbocycles. The molecule has 1 unspecified atom stereocenters. The van der Waals surface area contributed by atoms with Crippen molar-refractivity contribution < 1.29 is 40.1 Å². The molecule has 8 N–H and O–H groups in total. The molecule has 0 radical (unpaired) electrons. The van der Waals surface area contributed by atoms with Gasteiger partial charge in [0.25, 0.3) is 0 Å². The lowest BCUT2D eigenvalue weighted by Gasteiger charge is -2.45. The van der Waals surface area contributed by atoms with Crippen molar-refractivity contribution in [1.29, 1.82) is 0 Å². The standard InChI is InChI=1S/C13H20N4O9/c14-11-15-3-17(12(24)16-11)13(9(23)7(21)5(1-18)26-13)10-8(22)6(20)4(19)2-25-10/h3-10,18-23H,1-2H2,(H2,14,16,24)/t4-,5-,6-,7-,8+,9-,10?,13+/m1/s1. The second kappa shape index (κ2) is 6.79. The molecule has 0 spiro atoms. The number of aliphatic hydroxyl groups is 6. The molecule has 2 fully saturated rings. The molecule has 0 aromatic carbocycles. The molecule has 2 aliphatic heterocycles. The van der Waals surface area contributed by atoms with Crippen LogP contribution < -0.4 is 11.4 Å². The van der Waals surface area contributed by atoms with Gasteiger partial charge in [0.05, 0.1) is 13.2 Å². The molecule has 26 heavy (non-hydrogen) atoms. The van der Waals surface area contributed by atoms with Crippen LogP contribution in [0.15, 0.2) is 11.1 Å². The van der Waals surface area contributed by atoms with E-state index in [-0.39, 0.29) is 5.95 Å². The van der Waals surface area contributed by atoms with Crippen LogP contribution in [0.3, 0.4) is 0 Å². The average molecular weight is 376 g/mol. The largest absolute Gasteiger partial charge is 0.394 e. The van der Waals surface area contributed by atoms with Crippen LogP contribution in [0.2, 0.25) is 0 Å². The number of nitrogen functional groups attached to an aromatic ring is 1. The van der Waals surface area contributed by atoms with Crippen LogP contribution in [0.5, 0.6) is 0 Å². The molecule has 8 atom stereocenters. The molecule has 13 heteroatoms. The van der Waals surface area contributed by atoms with Gasteiger partial charge in [0, 0.05) is 0 Å². The Labute approximate surface area is 145 Å². The zero-order chi connectivity index (χ0) is 19.2. The van der Waals surface area contributed by atoms with Crippen molar-refractivity contribution in [2.75, 3.05) is 18.9 Å². The summed E-state index contributed by atoms with van der Waals surface area (Å²) >= 11 is 0. The van der Waals surface area contributed by atoms with E-state index >= 15 is 0 Å². The van der Waals surface area contributed by atoms with E-state index in [2.05, 4.69) is 9.97 Å². The molecule has 2 saturated heterocycles. The van der Waals surface area contributed by atoms with Crippen LogP contribution in [-0.2, 0) is 15.2 Å². The highest BCUT2D eigenvalue weighted by Gasteiger charge is 2.64. The molecular weight excluding hydrogens is 356 g/mol. The Morgan fingerprint density at radius 2 is 1.92 bits per heavy atom. The number of hydrogen-bond acceptors (Lipinski definition) is 12. The van der Waals surface area contributed by atoms with Crippen molar-refractivity contribution in [3.63, 3.8) is 0 Å². The second-order valence-corrected chi connectivity index (χ2v) is 6.20. The summed E-state index contributed by atoms with van der Waals surface area (Å²) in [5, 5.41) is 60.1. The maximum absolute atomic E-state index is 12.3. The maximum Gasteiger partial charge on any atom is 0.354 e. The number of ether oxygens (including phenoxy) is 2. The molecular formula is C13H20N4O9. The van der Waals surface area contributed by atoms with Crippen molar-refractivity contribution in [2.24, 2.45) is 0 Å². The number of nitrogens with zero attached hydrogens (tertiary/aromatic N) is 3. The van der Waals surface area contributed by atoms with Gasteiger partial charge in [-0.1, -0.05) is 0 Å². The Morgan fingerprint density at radius 3 is 2.50 bits per heavy atom. The topological polar surface area (TPSA) is 214 Å². The van der Waals surface area contributed by atoms with Crippen LogP contribution in [-0.4, -0.2) is 101 Å². The number of aromatic nitrogens is 3. The summed E-state index contributed by atoms with van der Waals surface area (Å²) in [5.41, 5.74) is 2.01. The monoisotopic (exact) mass is 376 g/mol. The summed E-state index contributed by atoms with van der Waals surface area (Å²) in [6.07, 6.45) is -10.6. The average Bonchev–Trinajstić information content (AvgIpc) is 2.85. The lowest BCUT2D eigenvalue weighted by atomic mass is 9.88. The predicted molar refractivity (Wildman–Crippen MR) is 80.4 cm³/mol.